The summed E-state index contributed by atoms with van der Waals surface area (Å²) in [6.45, 7) is 2.55. The summed E-state index contributed by atoms with van der Waals surface area (Å²) in [4.78, 5) is 23.1. The van der Waals surface area contributed by atoms with Crippen LogP contribution in [-0.2, 0) is 0 Å². The van der Waals surface area contributed by atoms with Gasteiger partial charge in [-0.15, -0.1) is 0 Å². The summed E-state index contributed by atoms with van der Waals surface area (Å²) in [6, 6.07) is 20.3. The van der Waals surface area contributed by atoms with Crippen LogP contribution in [0, 0.1) is 0 Å². The van der Waals surface area contributed by atoms with Crippen LogP contribution in [0.25, 0.3) is 0 Å². The molecule has 3 aromatic rings. The van der Waals surface area contributed by atoms with Gasteiger partial charge in [0.05, 0.1) is 11.4 Å². The van der Waals surface area contributed by atoms with Crippen LogP contribution in [0.2, 0.25) is 0 Å². The van der Waals surface area contributed by atoms with Crippen molar-refractivity contribution in [1.82, 2.24) is 15.4 Å². The molecule has 6 nitrogen and oxygen atoms in total. The Bertz CT molecular complexity index is 756. The second-order valence-electron chi connectivity index (χ2n) is 5.20. The van der Waals surface area contributed by atoms with Crippen LogP contribution in [0.15, 0.2) is 79.3 Å². The number of carbonyl (C=O) groups excluding carboxylic acids is 1. The Balaban J connectivity index is 2.04. The van der Waals surface area contributed by atoms with E-state index in [2.05, 4.69) is 15.4 Å². The number of benzene rings is 2. The fourth-order valence-corrected chi connectivity index (χ4v) is 2.44. The van der Waals surface area contributed by atoms with Crippen molar-refractivity contribution < 1.29 is 4.79 Å². The lowest BCUT2D eigenvalue weighted by Crippen LogP contribution is -2.49. The molecule has 1 aromatic heterocycles. The molecule has 0 atom stereocenters. The average Bonchev–Trinajstić information content (AvgIpc) is 2.68. The third kappa shape index (κ3) is 3.81. The molecule has 3 rings (SSSR count). The number of urea groups is 1. The molecule has 0 fully saturated rings. The molecule has 6 heteroatoms. The predicted molar refractivity (Wildman–Crippen MR) is 98.6 cm³/mol. The Morgan fingerprint density at radius 3 is 2.16 bits per heavy atom. The van der Waals surface area contributed by atoms with Gasteiger partial charge in [-0.3, -0.25) is 0 Å². The molecule has 0 unspecified atom stereocenters. The van der Waals surface area contributed by atoms with E-state index in [1.165, 1.54) is 11.3 Å². The van der Waals surface area contributed by atoms with Crippen molar-refractivity contribution >= 4 is 23.2 Å². The van der Waals surface area contributed by atoms with Gasteiger partial charge < -0.3 is 0 Å². The van der Waals surface area contributed by atoms with Crippen molar-refractivity contribution in [3.63, 3.8) is 0 Å². The summed E-state index contributed by atoms with van der Waals surface area (Å²) in [5, 5.41) is 1.52. The maximum atomic E-state index is 13.4. The Labute approximate surface area is 146 Å². The number of hydrogen-bond acceptors (Lipinski definition) is 4. The summed E-state index contributed by atoms with van der Waals surface area (Å²) in [6.07, 6.45) is 3.05. The third-order valence-electron chi connectivity index (χ3n) is 3.52. The van der Waals surface area contributed by atoms with Gasteiger partial charge in [0.25, 0.3) is 0 Å². The van der Waals surface area contributed by atoms with Crippen LogP contribution >= 0.6 is 0 Å². The zero-order valence-electron chi connectivity index (χ0n) is 13.9. The van der Waals surface area contributed by atoms with Gasteiger partial charge in [0.2, 0.25) is 0 Å². The van der Waals surface area contributed by atoms with Gasteiger partial charge >= 0.3 is 6.03 Å². The Hall–Kier alpha value is -3.25. The monoisotopic (exact) mass is 333 g/mol. The van der Waals surface area contributed by atoms with Crippen molar-refractivity contribution in [2.45, 2.75) is 6.92 Å². The Morgan fingerprint density at radius 1 is 0.960 bits per heavy atom. The number of para-hydroxylation sites is 2. The smallest absolute Gasteiger partial charge is 0.246 e. The quantitative estimate of drug-likeness (QED) is 0.722. The molecule has 1 N–H and O–H groups in total. The summed E-state index contributed by atoms with van der Waals surface area (Å²) in [5.74, 6) is 0.505. The van der Waals surface area contributed by atoms with Crippen LogP contribution in [0.1, 0.15) is 6.92 Å². The van der Waals surface area contributed by atoms with Gasteiger partial charge in [-0.1, -0.05) is 43.3 Å². The molecule has 2 aromatic carbocycles. The number of hydrazine groups is 1. The SMILES string of the molecule is CCNN(C(=O)N(c1ccccc1)c1ccncn1)c1ccccc1. The van der Waals surface area contributed by atoms with Crippen LogP contribution in [0.3, 0.4) is 0 Å². The highest BCUT2D eigenvalue weighted by atomic mass is 16.2. The first-order chi connectivity index (χ1) is 12.3. The molecule has 25 heavy (non-hydrogen) atoms. The normalized spacial score (nSPS) is 10.3. The molecule has 126 valence electrons. The molecule has 2 amide bonds. The lowest BCUT2D eigenvalue weighted by molar-refractivity contribution is 0.251. The number of rotatable bonds is 5. The summed E-state index contributed by atoms with van der Waals surface area (Å²) in [5.41, 5.74) is 4.60. The van der Waals surface area contributed by atoms with Crippen molar-refractivity contribution in [1.29, 1.82) is 0 Å². The molecular weight excluding hydrogens is 314 g/mol. The number of aromatic nitrogens is 2. The van der Waals surface area contributed by atoms with Crippen LogP contribution in [-0.4, -0.2) is 22.5 Å². The Kier molecular flexibility index (Phi) is 5.33. The highest BCUT2D eigenvalue weighted by Crippen LogP contribution is 2.25. The fourth-order valence-electron chi connectivity index (χ4n) is 2.44. The van der Waals surface area contributed by atoms with E-state index < -0.39 is 0 Å². The summed E-state index contributed by atoms with van der Waals surface area (Å²) in [7, 11) is 0. The van der Waals surface area contributed by atoms with Gasteiger partial charge in [0.15, 0.2) is 0 Å². The number of amides is 2. The predicted octanol–water partition coefficient (Wildman–Crippen LogP) is 3.77. The number of hydrogen-bond donors (Lipinski definition) is 1. The summed E-state index contributed by atoms with van der Waals surface area (Å²) >= 11 is 0. The maximum Gasteiger partial charge on any atom is 0.349 e. The molecule has 1 heterocycles. The molecule has 0 radical (unpaired) electrons. The zero-order chi connectivity index (χ0) is 17.5. The molecule has 0 spiro atoms. The van der Waals surface area contributed by atoms with E-state index in [0.29, 0.717) is 12.4 Å². The molecular formula is C19H19N5O. The topological polar surface area (TPSA) is 61.4 Å². The van der Waals surface area contributed by atoms with Gasteiger partial charge in [-0.05, 0) is 30.3 Å². The lowest BCUT2D eigenvalue weighted by atomic mass is 10.3. The van der Waals surface area contributed by atoms with Crippen LogP contribution in [0.4, 0.5) is 22.0 Å². The fraction of sp³-hybridized carbons (Fsp3) is 0.105. The number of nitrogens with one attached hydrogen (secondary N) is 1. The van der Waals surface area contributed by atoms with E-state index in [9.17, 15) is 4.79 Å². The van der Waals surface area contributed by atoms with E-state index in [1.54, 1.807) is 17.2 Å². The maximum absolute atomic E-state index is 13.4. The molecule has 0 aliphatic heterocycles. The third-order valence-corrected chi connectivity index (χ3v) is 3.52. The molecule has 0 bridgehead atoms. The van der Waals surface area contributed by atoms with Gasteiger partial charge in [0.1, 0.15) is 12.1 Å². The number of nitrogens with zero attached hydrogens (tertiary/aromatic N) is 4. The molecule has 0 aliphatic rings. The highest BCUT2D eigenvalue weighted by Gasteiger charge is 2.25. The first-order valence-electron chi connectivity index (χ1n) is 8.05. The van der Waals surface area contributed by atoms with Gasteiger partial charge in [0, 0.05) is 12.7 Å². The lowest BCUT2D eigenvalue weighted by Gasteiger charge is -2.30. The van der Waals surface area contributed by atoms with Gasteiger partial charge in [-0.2, -0.15) is 0 Å². The largest absolute Gasteiger partial charge is 0.349 e. The van der Waals surface area contributed by atoms with Crippen molar-refractivity contribution in [2.24, 2.45) is 0 Å². The standard InChI is InChI=1S/C19H19N5O/c1-2-22-24(17-11-7-4-8-12-17)19(25)23(16-9-5-3-6-10-16)18-13-14-20-15-21-18/h3-15,22H,2H2,1H3. The second kappa shape index (κ2) is 8.03. The van der Waals surface area contributed by atoms with E-state index in [4.69, 9.17) is 0 Å². The van der Waals surface area contributed by atoms with Crippen molar-refractivity contribution in [2.75, 3.05) is 16.5 Å². The van der Waals surface area contributed by atoms with E-state index >= 15 is 0 Å². The minimum Gasteiger partial charge on any atom is -0.246 e. The highest BCUT2D eigenvalue weighted by molar-refractivity contribution is 6.07. The minimum atomic E-state index is -0.252. The van der Waals surface area contributed by atoms with Crippen LogP contribution in [0.5, 0.6) is 0 Å². The average molecular weight is 333 g/mol. The van der Waals surface area contributed by atoms with E-state index in [0.717, 1.165) is 11.4 Å². The van der Waals surface area contributed by atoms with Gasteiger partial charge in [-0.25, -0.2) is 30.1 Å². The van der Waals surface area contributed by atoms with Crippen LogP contribution < -0.4 is 15.3 Å². The van der Waals surface area contributed by atoms with E-state index in [1.807, 2.05) is 67.6 Å². The second-order valence-corrected chi connectivity index (χ2v) is 5.20. The number of anilines is 3. The minimum absolute atomic E-state index is 0.252. The zero-order valence-corrected chi connectivity index (χ0v) is 13.9. The van der Waals surface area contributed by atoms with E-state index in [-0.39, 0.29) is 6.03 Å². The summed E-state index contributed by atoms with van der Waals surface area (Å²) < 4.78 is 0. The number of carbonyl (C=O) groups is 1. The molecule has 0 saturated heterocycles. The molecule has 0 aliphatic carbocycles. The Morgan fingerprint density at radius 2 is 1.60 bits per heavy atom. The molecule has 0 saturated carbocycles. The van der Waals surface area contributed by atoms with Crippen molar-refractivity contribution in [3.8, 4) is 0 Å². The van der Waals surface area contributed by atoms with Crippen molar-refractivity contribution in [3.05, 3.63) is 79.3 Å². The first kappa shape index (κ1) is 16.6. The first-order valence-corrected chi connectivity index (χ1v) is 8.05.